The highest BCUT2D eigenvalue weighted by Gasteiger charge is 2.53. The number of para-hydroxylation sites is 1. The molecule has 166 valence electrons. The van der Waals surface area contributed by atoms with Crippen LogP contribution in [0.25, 0.3) is 0 Å². The largest absolute Gasteiger partial charge is 0.370 e. The number of anilines is 1. The van der Waals surface area contributed by atoms with Gasteiger partial charge in [-0.2, -0.15) is 5.26 Å². The number of nitrogens with one attached hydrogen (secondary N) is 1. The molecule has 0 bridgehead atoms. The number of hydrogen-bond acceptors (Lipinski definition) is 4. The minimum absolute atomic E-state index is 0.00414. The third kappa shape index (κ3) is 4.48. The fourth-order valence-corrected chi connectivity index (χ4v) is 5.29. The van der Waals surface area contributed by atoms with Gasteiger partial charge < -0.3 is 10.2 Å². The van der Waals surface area contributed by atoms with Crippen LogP contribution in [0.5, 0.6) is 0 Å². The van der Waals surface area contributed by atoms with Gasteiger partial charge in [0.2, 0.25) is 0 Å². The molecule has 2 aliphatic heterocycles. The van der Waals surface area contributed by atoms with Gasteiger partial charge in [-0.15, -0.1) is 0 Å². The second-order valence-electron chi connectivity index (χ2n) is 9.31. The Kier molecular flexibility index (Phi) is 5.85. The first-order valence-electron chi connectivity index (χ1n) is 11.5. The molecular formula is C28H28N4O. The van der Waals surface area contributed by atoms with Crippen molar-refractivity contribution in [1.82, 2.24) is 10.2 Å². The second-order valence-corrected chi connectivity index (χ2v) is 9.31. The summed E-state index contributed by atoms with van der Waals surface area (Å²) >= 11 is 0. The molecule has 5 heteroatoms. The molecule has 1 unspecified atom stereocenters. The predicted molar refractivity (Wildman–Crippen MR) is 130 cm³/mol. The first-order valence-corrected chi connectivity index (χ1v) is 11.5. The van der Waals surface area contributed by atoms with Crippen LogP contribution >= 0.6 is 0 Å². The van der Waals surface area contributed by atoms with Crippen LogP contribution < -0.4 is 10.2 Å². The van der Waals surface area contributed by atoms with Crippen LogP contribution in [0.1, 0.15) is 21.5 Å². The lowest BCUT2D eigenvalue weighted by Gasteiger charge is -2.52. The van der Waals surface area contributed by atoms with Crippen molar-refractivity contribution in [1.29, 1.82) is 5.26 Å². The van der Waals surface area contributed by atoms with Gasteiger partial charge in [0.05, 0.1) is 11.6 Å². The molecule has 0 aromatic heterocycles. The standard InChI is InChI=1S/C28H28N4O/c29-15-22-11-13-23(14-12-22)17-31-18-25(16-30-27(33)24-7-3-1-4-8-24)28(19-31)20-32(21-28)26-9-5-2-6-10-26/h1-14,25H,16-21H2,(H,30,33). The Hall–Kier alpha value is -3.62. The predicted octanol–water partition coefficient (Wildman–Crippen LogP) is 3.93. The maximum Gasteiger partial charge on any atom is 0.251 e. The van der Waals surface area contributed by atoms with Crippen LogP contribution in [-0.2, 0) is 6.54 Å². The fourth-order valence-electron chi connectivity index (χ4n) is 5.29. The number of benzene rings is 3. The van der Waals surface area contributed by atoms with Gasteiger partial charge in [-0.3, -0.25) is 9.69 Å². The van der Waals surface area contributed by atoms with E-state index >= 15 is 0 Å². The van der Waals surface area contributed by atoms with Crippen molar-refractivity contribution in [3.8, 4) is 6.07 Å². The molecule has 1 N–H and O–H groups in total. The average Bonchev–Trinajstić information content (AvgIpc) is 3.21. The Morgan fingerprint density at radius 1 is 0.939 bits per heavy atom. The van der Waals surface area contributed by atoms with E-state index in [9.17, 15) is 4.79 Å². The molecule has 2 aliphatic rings. The SMILES string of the molecule is N#Cc1ccc(CN2CC(CNC(=O)c3ccccc3)C3(C2)CN(c2ccccc2)C3)cc1. The maximum absolute atomic E-state index is 12.7. The minimum Gasteiger partial charge on any atom is -0.370 e. The summed E-state index contributed by atoms with van der Waals surface area (Å²) in [6.07, 6.45) is 0. The van der Waals surface area contributed by atoms with Crippen molar-refractivity contribution in [2.24, 2.45) is 11.3 Å². The van der Waals surface area contributed by atoms with Gasteiger partial charge in [-0.1, -0.05) is 48.5 Å². The Bertz CT molecular complexity index is 1130. The monoisotopic (exact) mass is 436 g/mol. The lowest BCUT2D eigenvalue weighted by atomic mass is 9.71. The summed E-state index contributed by atoms with van der Waals surface area (Å²) in [4.78, 5) is 17.6. The molecule has 2 saturated heterocycles. The van der Waals surface area contributed by atoms with Crippen LogP contribution in [0.2, 0.25) is 0 Å². The lowest BCUT2D eigenvalue weighted by molar-refractivity contribution is 0.0923. The van der Waals surface area contributed by atoms with Gasteiger partial charge in [-0.05, 0) is 47.9 Å². The summed E-state index contributed by atoms with van der Waals surface area (Å²) in [7, 11) is 0. The molecule has 5 rings (SSSR count). The van der Waals surface area contributed by atoms with Crippen LogP contribution in [-0.4, -0.2) is 43.5 Å². The highest BCUT2D eigenvalue weighted by Crippen LogP contribution is 2.45. The summed E-state index contributed by atoms with van der Waals surface area (Å²) in [5.74, 6) is 0.388. The molecular weight excluding hydrogens is 408 g/mol. The van der Waals surface area contributed by atoms with Gasteiger partial charge >= 0.3 is 0 Å². The number of nitriles is 1. The second kappa shape index (κ2) is 9.09. The van der Waals surface area contributed by atoms with E-state index in [0.717, 1.165) is 32.7 Å². The third-order valence-electron chi connectivity index (χ3n) is 7.05. The van der Waals surface area contributed by atoms with Crippen molar-refractivity contribution in [3.05, 3.63) is 102 Å². The van der Waals surface area contributed by atoms with Crippen LogP contribution in [0.15, 0.2) is 84.9 Å². The zero-order valence-corrected chi connectivity index (χ0v) is 18.7. The van der Waals surface area contributed by atoms with Crippen molar-refractivity contribution < 1.29 is 4.79 Å². The smallest absolute Gasteiger partial charge is 0.251 e. The number of carbonyl (C=O) groups is 1. The van der Waals surface area contributed by atoms with E-state index in [1.54, 1.807) is 0 Å². The molecule has 1 atom stereocenters. The van der Waals surface area contributed by atoms with Gasteiger partial charge in [0.25, 0.3) is 5.91 Å². The molecule has 0 aliphatic carbocycles. The zero-order valence-electron chi connectivity index (χ0n) is 18.7. The van der Waals surface area contributed by atoms with E-state index in [1.807, 2.05) is 54.6 Å². The Balaban J connectivity index is 1.28. The minimum atomic E-state index is -0.00414. The number of likely N-dealkylation sites (tertiary alicyclic amines) is 1. The molecule has 2 heterocycles. The van der Waals surface area contributed by atoms with Crippen LogP contribution in [0.3, 0.4) is 0 Å². The molecule has 3 aromatic rings. The van der Waals surface area contributed by atoms with Gasteiger partial charge in [0, 0.05) is 55.9 Å². The van der Waals surface area contributed by atoms with E-state index in [-0.39, 0.29) is 11.3 Å². The first kappa shape index (κ1) is 21.2. The van der Waals surface area contributed by atoms with Crippen molar-refractivity contribution in [2.45, 2.75) is 6.54 Å². The Labute approximate surface area is 195 Å². The summed E-state index contributed by atoms with van der Waals surface area (Å²) in [6.45, 7) is 5.53. The molecule has 33 heavy (non-hydrogen) atoms. The summed E-state index contributed by atoms with van der Waals surface area (Å²) in [6, 6.07) is 30.1. The number of carbonyl (C=O) groups excluding carboxylic acids is 1. The van der Waals surface area contributed by atoms with E-state index in [2.05, 4.69) is 51.5 Å². The molecule has 0 radical (unpaired) electrons. The molecule has 1 amide bonds. The van der Waals surface area contributed by atoms with Gasteiger partial charge in [0.1, 0.15) is 0 Å². The van der Waals surface area contributed by atoms with Crippen molar-refractivity contribution in [2.75, 3.05) is 37.6 Å². The van der Waals surface area contributed by atoms with Crippen molar-refractivity contribution in [3.63, 3.8) is 0 Å². The molecule has 2 fully saturated rings. The van der Waals surface area contributed by atoms with Gasteiger partial charge in [0.15, 0.2) is 0 Å². The van der Waals surface area contributed by atoms with Gasteiger partial charge in [-0.25, -0.2) is 0 Å². The highest BCUT2D eigenvalue weighted by molar-refractivity contribution is 5.94. The number of amides is 1. The summed E-state index contributed by atoms with van der Waals surface area (Å²) < 4.78 is 0. The maximum atomic E-state index is 12.7. The lowest BCUT2D eigenvalue weighted by Crippen LogP contribution is -2.62. The first-order chi connectivity index (χ1) is 16.1. The molecule has 0 saturated carbocycles. The fraction of sp³-hybridized carbons (Fsp3) is 0.286. The quantitative estimate of drug-likeness (QED) is 0.636. The zero-order chi connectivity index (χ0) is 22.7. The van der Waals surface area contributed by atoms with E-state index < -0.39 is 0 Å². The number of rotatable bonds is 6. The normalized spacial score (nSPS) is 19.1. The summed E-state index contributed by atoms with van der Waals surface area (Å²) in [5, 5.41) is 12.3. The Morgan fingerprint density at radius 2 is 1.61 bits per heavy atom. The molecule has 1 spiro atoms. The third-order valence-corrected chi connectivity index (χ3v) is 7.05. The van der Waals surface area contributed by atoms with E-state index in [4.69, 9.17) is 5.26 Å². The van der Waals surface area contributed by atoms with E-state index in [1.165, 1.54) is 11.3 Å². The number of nitrogens with zero attached hydrogens (tertiary/aromatic N) is 3. The summed E-state index contributed by atoms with van der Waals surface area (Å²) in [5.41, 5.74) is 4.05. The highest BCUT2D eigenvalue weighted by atomic mass is 16.1. The van der Waals surface area contributed by atoms with Crippen LogP contribution in [0.4, 0.5) is 5.69 Å². The van der Waals surface area contributed by atoms with Crippen molar-refractivity contribution >= 4 is 11.6 Å². The molecule has 3 aromatic carbocycles. The Morgan fingerprint density at radius 3 is 2.27 bits per heavy atom. The topological polar surface area (TPSA) is 59.4 Å². The van der Waals surface area contributed by atoms with E-state index in [0.29, 0.717) is 23.6 Å². The molecule has 5 nitrogen and oxygen atoms in total. The average molecular weight is 437 g/mol. The van der Waals surface area contributed by atoms with Crippen LogP contribution in [0, 0.1) is 22.7 Å². The number of hydrogen-bond donors (Lipinski definition) is 1.